The van der Waals surface area contributed by atoms with E-state index in [1.54, 1.807) is 24.1 Å². The molecule has 2 heterocycles. The van der Waals surface area contributed by atoms with Crippen molar-refractivity contribution in [3.63, 3.8) is 0 Å². The van der Waals surface area contributed by atoms with Crippen LogP contribution in [0.5, 0.6) is 11.5 Å². The van der Waals surface area contributed by atoms with Crippen LogP contribution in [0, 0.1) is 0 Å². The van der Waals surface area contributed by atoms with E-state index in [1.165, 1.54) is 18.2 Å². The molecule has 2 aromatic carbocycles. The minimum absolute atomic E-state index is 0.138. The Balaban J connectivity index is 1.58. The molecule has 0 aliphatic carbocycles. The van der Waals surface area contributed by atoms with Gasteiger partial charge in [-0.15, -0.1) is 13.2 Å². The second kappa shape index (κ2) is 10.6. The molecule has 0 spiro atoms. The molecule has 0 atom stereocenters. The average molecular weight is 496 g/mol. The van der Waals surface area contributed by atoms with E-state index >= 15 is 0 Å². The summed E-state index contributed by atoms with van der Waals surface area (Å²) in [5.74, 6) is 0.174. The first-order valence-electron chi connectivity index (χ1n) is 10.7. The van der Waals surface area contributed by atoms with Gasteiger partial charge >= 0.3 is 6.36 Å². The van der Waals surface area contributed by atoms with Crippen LogP contribution in [0.15, 0.2) is 42.5 Å². The number of amides is 1. The summed E-state index contributed by atoms with van der Waals surface area (Å²) >= 11 is 1.16. The van der Waals surface area contributed by atoms with Gasteiger partial charge < -0.3 is 14.2 Å². The van der Waals surface area contributed by atoms with Gasteiger partial charge in [-0.25, -0.2) is 4.98 Å². The maximum absolute atomic E-state index is 13.4. The fourth-order valence-electron chi connectivity index (χ4n) is 3.65. The van der Waals surface area contributed by atoms with Crippen LogP contribution in [0.25, 0.3) is 10.2 Å². The molecule has 0 saturated carbocycles. The molecule has 11 heteroatoms. The van der Waals surface area contributed by atoms with Crippen molar-refractivity contribution in [3.8, 4) is 11.5 Å². The van der Waals surface area contributed by atoms with Crippen molar-refractivity contribution in [1.29, 1.82) is 0 Å². The predicted octanol–water partition coefficient (Wildman–Crippen LogP) is 4.11. The van der Waals surface area contributed by atoms with Crippen molar-refractivity contribution in [2.24, 2.45) is 0 Å². The van der Waals surface area contributed by atoms with Crippen molar-refractivity contribution in [3.05, 3.63) is 48.0 Å². The summed E-state index contributed by atoms with van der Waals surface area (Å²) in [4.78, 5) is 21.7. The molecule has 7 nitrogen and oxygen atoms in total. The molecule has 0 bridgehead atoms. The van der Waals surface area contributed by atoms with E-state index < -0.39 is 6.36 Å². The number of carbonyl (C=O) groups is 1. The Bertz CT molecular complexity index is 1130. The van der Waals surface area contributed by atoms with Gasteiger partial charge in [-0.1, -0.05) is 23.5 Å². The van der Waals surface area contributed by atoms with Crippen LogP contribution < -0.4 is 14.4 Å². The van der Waals surface area contributed by atoms with Crippen molar-refractivity contribution >= 4 is 32.6 Å². The molecule has 182 valence electrons. The van der Waals surface area contributed by atoms with Gasteiger partial charge in [0.1, 0.15) is 11.5 Å². The molecule has 4 rings (SSSR count). The van der Waals surface area contributed by atoms with Gasteiger partial charge in [0, 0.05) is 32.2 Å². The second-order valence-corrected chi connectivity index (χ2v) is 8.71. The number of halogens is 3. The van der Waals surface area contributed by atoms with Crippen LogP contribution in [0.1, 0.15) is 5.56 Å². The zero-order valence-electron chi connectivity index (χ0n) is 18.5. The Labute approximate surface area is 198 Å². The standard InChI is InChI=1S/C23H24F3N3O4S/c1-31-17-4-2-3-16(13-17)14-21(30)29(8-7-28-9-11-32-12-10-28)22-27-19-6-5-18(15-20(19)34-22)33-23(24,25)26/h2-6,13,15H,7-12,14H2,1H3. The summed E-state index contributed by atoms with van der Waals surface area (Å²) in [5.41, 5.74) is 1.29. The maximum atomic E-state index is 13.4. The third-order valence-electron chi connectivity index (χ3n) is 5.35. The Hall–Kier alpha value is -2.89. The van der Waals surface area contributed by atoms with E-state index in [0.29, 0.717) is 47.4 Å². The second-order valence-electron chi connectivity index (χ2n) is 7.70. The van der Waals surface area contributed by atoms with Crippen molar-refractivity contribution < 1.29 is 32.2 Å². The van der Waals surface area contributed by atoms with Crippen LogP contribution in [-0.2, 0) is 16.0 Å². The number of nitrogens with zero attached hydrogens (tertiary/aromatic N) is 3. The molecule has 1 aliphatic rings. The number of rotatable bonds is 8. The number of anilines is 1. The van der Waals surface area contributed by atoms with E-state index in [-0.39, 0.29) is 18.1 Å². The maximum Gasteiger partial charge on any atom is 0.573 e. The first-order valence-corrected chi connectivity index (χ1v) is 11.5. The highest BCUT2D eigenvalue weighted by molar-refractivity contribution is 7.22. The van der Waals surface area contributed by atoms with E-state index in [1.807, 2.05) is 12.1 Å². The lowest BCUT2D eigenvalue weighted by molar-refractivity contribution is -0.274. The summed E-state index contributed by atoms with van der Waals surface area (Å²) in [7, 11) is 1.56. The summed E-state index contributed by atoms with van der Waals surface area (Å²) in [6, 6.07) is 11.2. The normalized spacial score (nSPS) is 14.8. The number of ether oxygens (including phenoxy) is 3. The number of methoxy groups -OCH3 is 1. The number of aromatic nitrogens is 1. The SMILES string of the molecule is COc1cccc(CC(=O)N(CCN2CCOCC2)c2nc3ccc(OC(F)(F)F)cc3s2)c1. The number of thiazole rings is 1. The number of hydrogen-bond acceptors (Lipinski definition) is 7. The molecule has 0 unspecified atom stereocenters. The molecule has 34 heavy (non-hydrogen) atoms. The summed E-state index contributed by atoms with van der Waals surface area (Å²) in [6.07, 6.45) is -4.64. The van der Waals surface area contributed by atoms with Crippen LogP contribution in [0.2, 0.25) is 0 Å². The van der Waals surface area contributed by atoms with E-state index in [9.17, 15) is 18.0 Å². The number of carbonyl (C=O) groups excluding carboxylic acids is 1. The number of benzene rings is 2. The van der Waals surface area contributed by atoms with Crippen LogP contribution in [-0.4, -0.2) is 68.7 Å². The van der Waals surface area contributed by atoms with Gasteiger partial charge in [0.05, 0.1) is 37.0 Å². The van der Waals surface area contributed by atoms with E-state index in [4.69, 9.17) is 9.47 Å². The number of alkyl halides is 3. The van der Waals surface area contributed by atoms with Gasteiger partial charge in [-0.2, -0.15) is 0 Å². The molecular weight excluding hydrogens is 471 g/mol. The minimum Gasteiger partial charge on any atom is -0.497 e. The Morgan fingerprint density at radius 3 is 2.71 bits per heavy atom. The van der Waals surface area contributed by atoms with Gasteiger partial charge in [-0.05, 0) is 29.8 Å². The molecule has 1 aromatic heterocycles. The molecule has 3 aromatic rings. The molecule has 1 fully saturated rings. The summed E-state index contributed by atoms with van der Waals surface area (Å²) in [5, 5.41) is 0.431. The van der Waals surface area contributed by atoms with Crippen LogP contribution in [0.4, 0.5) is 18.3 Å². The van der Waals surface area contributed by atoms with Crippen LogP contribution in [0.3, 0.4) is 0 Å². The highest BCUT2D eigenvalue weighted by Gasteiger charge is 2.31. The van der Waals surface area contributed by atoms with Crippen molar-refractivity contribution in [2.75, 3.05) is 51.4 Å². The lowest BCUT2D eigenvalue weighted by Crippen LogP contribution is -2.43. The van der Waals surface area contributed by atoms with Crippen molar-refractivity contribution in [1.82, 2.24) is 9.88 Å². The third kappa shape index (κ3) is 6.37. The predicted molar refractivity (Wildman–Crippen MR) is 123 cm³/mol. The number of morpholine rings is 1. The monoisotopic (exact) mass is 495 g/mol. The Morgan fingerprint density at radius 2 is 1.97 bits per heavy atom. The molecule has 1 saturated heterocycles. The summed E-state index contributed by atoms with van der Waals surface area (Å²) < 4.78 is 53.0. The Kier molecular flexibility index (Phi) is 7.54. The fraction of sp³-hybridized carbons (Fsp3) is 0.391. The quantitative estimate of drug-likeness (QED) is 0.469. The fourth-order valence-corrected chi connectivity index (χ4v) is 4.69. The average Bonchev–Trinajstić information content (AvgIpc) is 3.22. The van der Waals surface area contributed by atoms with Gasteiger partial charge in [0.15, 0.2) is 5.13 Å². The zero-order chi connectivity index (χ0) is 24.1. The molecule has 0 N–H and O–H groups in total. The topological polar surface area (TPSA) is 64.1 Å². The first kappa shape index (κ1) is 24.2. The zero-order valence-corrected chi connectivity index (χ0v) is 19.3. The summed E-state index contributed by atoms with van der Waals surface area (Å²) in [6.45, 7) is 3.85. The van der Waals surface area contributed by atoms with Crippen LogP contribution >= 0.6 is 11.3 Å². The lowest BCUT2D eigenvalue weighted by atomic mass is 10.1. The largest absolute Gasteiger partial charge is 0.573 e. The third-order valence-corrected chi connectivity index (χ3v) is 6.39. The smallest absolute Gasteiger partial charge is 0.497 e. The highest BCUT2D eigenvalue weighted by Crippen LogP contribution is 2.33. The van der Waals surface area contributed by atoms with Gasteiger partial charge in [0.25, 0.3) is 0 Å². The van der Waals surface area contributed by atoms with E-state index in [0.717, 1.165) is 30.0 Å². The molecule has 1 aliphatic heterocycles. The van der Waals surface area contributed by atoms with Gasteiger partial charge in [-0.3, -0.25) is 14.6 Å². The number of hydrogen-bond donors (Lipinski definition) is 0. The molecule has 0 radical (unpaired) electrons. The molecular formula is C23H24F3N3O4S. The number of fused-ring (bicyclic) bond motifs is 1. The highest BCUT2D eigenvalue weighted by atomic mass is 32.1. The minimum atomic E-state index is -4.78. The lowest BCUT2D eigenvalue weighted by Gasteiger charge is -2.29. The first-order chi connectivity index (χ1) is 16.3. The molecule has 1 amide bonds. The van der Waals surface area contributed by atoms with Gasteiger partial charge in [0.2, 0.25) is 5.91 Å². The van der Waals surface area contributed by atoms with E-state index in [2.05, 4.69) is 14.6 Å². The van der Waals surface area contributed by atoms with Crippen molar-refractivity contribution in [2.45, 2.75) is 12.8 Å². The Morgan fingerprint density at radius 1 is 1.18 bits per heavy atom.